The van der Waals surface area contributed by atoms with Crippen LogP contribution in [0.2, 0.25) is 5.02 Å². The average Bonchev–Trinajstić information content (AvgIpc) is 2.79. The Kier molecular flexibility index (Phi) is 8.30. The Labute approximate surface area is 192 Å². The normalized spacial score (nSPS) is 14.2. The summed E-state index contributed by atoms with van der Waals surface area (Å²) < 4.78 is 24.0. The third-order valence-electron chi connectivity index (χ3n) is 5.08. The molecule has 32 heavy (non-hydrogen) atoms. The molecule has 1 saturated heterocycles. The first-order chi connectivity index (χ1) is 15.4. The zero-order valence-corrected chi connectivity index (χ0v) is 19.0. The Morgan fingerprint density at radius 1 is 1.12 bits per heavy atom. The molecule has 0 aromatic heterocycles. The molecule has 1 aliphatic heterocycles. The fourth-order valence-electron chi connectivity index (χ4n) is 3.42. The molecule has 0 bridgehead atoms. The lowest BCUT2D eigenvalue weighted by Crippen LogP contribution is -2.50. The summed E-state index contributed by atoms with van der Waals surface area (Å²) in [5.74, 6) is 0.166. The van der Waals surface area contributed by atoms with E-state index >= 15 is 0 Å². The second-order valence-electron chi connectivity index (χ2n) is 7.46. The van der Waals surface area contributed by atoms with Gasteiger partial charge in [0.15, 0.2) is 11.5 Å². The number of amides is 2. The van der Waals surface area contributed by atoms with Gasteiger partial charge in [-0.2, -0.15) is 0 Å². The van der Waals surface area contributed by atoms with Gasteiger partial charge in [0.05, 0.1) is 25.3 Å². The molecule has 0 unspecified atom stereocenters. The zero-order chi connectivity index (χ0) is 23.1. The van der Waals surface area contributed by atoms with Crippen molar-refractivity contribution in [2.45, 2.75) is 13.3 Å². The number of methoxy groups -OCH3 is 1. The lowest BCUT2D eigenvalue weighted by Gasteiger charge is -2.34. The molecule has 7 nitrogen and oxygen atoms in total. The maximum Gasteiger partial charge on any atom is 0.254 e. The SMILES string of the molecule is CCCOc1c(Cl)cc(C(=O)N2CCN(CC(=O)Nc3ccc(F)cc3)CC2)cc1OC. The standard InChI is InChI=1S/C23H27ClFN3O4/c1-3-12-32-22-19(24)13-16(14-20(22)31-2)23(30)28-10-8-27(9-11-28)15-21(29)26-18-6-4-17(25)5-7-18/h4-7,13-14H,3,8-12,15H2,1-2H3,(H,26,29). The molecule has 0 saturated carbocycles. The summed E-state index contributed by atoms with van der Waals surface area (Å²) in [6.07, 6.45) is 0.826. The van der Waals surface area contributed by atoms with Gasteiger partial charge in [-0.1, -0.05) is 18.5 Å². The number of hydrogen-bond donors (Lipinski definition) is 1. The summed E-state index contributed by atoms with van der Waals surface area (Å²) in [5.41, 5.74) is 0.973. The van der Waals surface area contributed by atoms with E-state index in [1.807, 2.05) is 11.8 Å². The number of halogens is 2. The first-order valence-electron chi connectivity index (χ1n) is 10.5. The van der Waals surface area contributed by atoms with Crippen molar-refractivity contribution in [2.24, 2.45) is 0 Å². The van der Waals surface area contributed by atoms with Crippen LogP contribution in [0.1, 0.15) is 23.7 Å². The minimum Gasteiger partial charge on any atom is -0.493 e. The molecule has 172 valence electrons. The van der Waals surface area contributed by atoms with Gasteiger partial charge in [0.25, 0.3) is 5.91 Å². The van der Waals surface area contributed by atoms with Gasteiger partial charge >= 0.3 is 0 Å². The van der Waals surface area contributed by atoms with Crippen molar-refractivity contribution in [1.82, 2.24) is 9.80 Å². The number of anilines is 1. The van der Waals surface area contributed by atoms with E-state index in [0.29, 0.717) is 60.6 Å². The number of benzene rings is 2. The zero-order valence-electron chi connectivity index (χ0n) is 18.2. The molecule has 0 spiro atoms. The maximum atomic E-state index is 13.0. The Hall–Kier alpha value is -2.84. The minimum absolute atomic E-state index is 0.150. The summed E-state index contributed by atoms with van der Waals surface area (Å²) in [4.78, 5) is 28.9. The second kappa shape index (κ2) is 11.2. The van der Waals surface area contributed by atoms with Gasteiger partial charge in [-0.05, 0) is 42.8 Å². The van der Waals surface area contributed by atoms with Crippen LogP contribution in [0, 0.1) is 5.82 Å². The highest BCUT2D eigenvalue weighted by Gasteiger charge is 2.25. The van der Waals surface area contributed by atoms with E-state index in [9.17, 15) is 14.0 Å². The summed E-state index contributed by atoms with van der Waals surface area (Å²) in [6.45, 7) is 4.77. The van der Waals surface area contributed by atoms with Crippen LogP contribution in [0.15, 0.2) is 36.4 Å². The smallest absolute Gasteiger partial charge is 0.254 e. The average molecular weight is 464 g/mol. The van der Waals surface area contributed by atoms with Crippen LogP contribution in [0.5, 0.6) is 11.5 Å². The molecular formula is C23H27ClFN3O4. The third-order valence-corrected chi connectivity index (χ3v) is 5.36. The molecule has 1 fully saturated rings. The van der Waals surface area contributed by atoms with Crippen molar-refractivity contribution in [3.63, 3.8) is 0 Å². The van der Waals surface area contributed by atoms with E-state index in [-0.39, 0.29) is 24.2 Å². The number of piperazine rings is 1. The number of carbonyl (C=O) groups is 2. The van der Waals surface area contributed by atoms with Crippen LogP contribution in [0.4, 0.5) is 10.1 Å². The van der Waals surface area contributed by atoms with Crippen molar-refractivity contribution in [1.29, 1.82) is 0 Å². The summed E-state index contributed by atoms with van der Waals surface area (Å²) >= 11 is 6.34. The maximum absolute atomic E-state index is 13.0. The number of nitrogens with zero attached hydrogens (tertiary/aromatic N) is 2. The van der Waals surface area contributed by atoms with Crippen molar-refractivity contribution < 1.29 is 23.5 Å². The molecule has 2 amide bonds. The number of nitrogens with one attached hydrogen (secondary N) is 1. The molecule has 1 aliphatic rings. The van der Waals surface area contributed by atoms with E-state index < -0.39 is 0 Å². The quantitative estimate of drug-likeness (QED) is 0.646. The molecule has 1 N–H and O–H groups in total. The van der Waals surface area contributed by atoms with Crippen molar-refractivity contribution >= 4 is 29.1 Å². The lowest BCUT2D eigenvalue weighted by atomic mass is 10.1. The van der Waals surface area contributed by atoms with Crippen LogP contribution in [0.25, 0.3) is 0 Å². The van der Waals surface area contributed by atoms with E-state index in [2.05, 4.69) is 5.32 Å². The van der Waals surface area contributed by atoms with Gasteiger partial charge in [0, 0.05) is 37.4 Å². The largest absolute Gasteiger partial charge is 0.493 e. The van der Waals surface area contributed by atoms with Crippen LogP contribution < -0.4 is 14.8 Å². The Bertz CT molecular complexity index is 947. The minimum atomic E-state index is -0.356. The fourth-order valence-corrected chi connectivity index (χ4v) is 3.68. The predicted octanol–water partition coefficient (Wildman–Crippen LogP) is 3.67. The van der Waals surface area contributed by atoms with Crippen LogP contribution in [0.3, 0.4) is 0 Å². The number of rotatable bonds is 8. The van der Waals surface area contributed by atoms with Gasteiger partial charge in [-0.15, -0.1) is 0 Å². The lowest BCUT2D eigenvalue weighted by molar-refractivity contribution is -0.117. The van der Waals surface area contributed by atoms with Gasteiger partial charge in [0.2, 0.25) is 5.91 Å². The Morgan fingerprint density at radius 2 is 1.81 bits per heavy atom. The summed E-state index contributed by atoms with van der Waals surface area (Å²) in [7, 11) is 1.51. The highest BCUT2D eigenvalue weighted by atomic mass is 35.5. The van der Waals surface area contributed by atoms with Gasteiger partial charge in [-0.3, -0.25) is 14.5 Å². The molecule has 0 aliphatic carbocycles. The molecule has 9 heteroatoms. The van der Waals surface area contributed by atoms with E-state index in [4.69, 9.17) is 21.1 Å². The van der Waals surface area contributed by atoms with Crippen LogP contribution in [-0.4, -0.2) is 68.1 Å². The number of ether oxygens (including phenoxy) is 2. The van der Waals surface area contributed by atoms with Crippen molar-refractivity contribution in [3.05, 3.63) is 52.8 Å². The molecule has 0 radical (unpaired) electrons. The Balaban J connectivity index is 1.55. The Morgan fingerprint density at radius 3 is 2.44 bits per heavy atom. The van der Waals surface area contributed by atoms with E-state index in [1.54, 1.807) is 17.0 Å². The van der Waals surface area contributed by atoms with Crippen molar-refractivity contribution in [2.75, 3.05) is 51.8 Å². The highest BCUT2D eigenvalue weighted by Crippen LogP contribution is 2.37. The summed E-state index contributed by atoms with van der Waals surface area (Å²) in [5, 5.41) is 3.08. The first-order valence-corrected chi connectivity index (χ1v) is 10.9. The van der Waals surface area contributed by atoms with Gasteiger partial charge in [-0.25, -0.2) is 4.39 Å². The fraction of sp³-hybridized carbons (Fsp3) is 0.391. The number of carbonyl (C=O) groups excluding carboxylic acids is 2. The van der Waals surface area contributed by atoms with Gasteiger partial charge < -0.3 is 19.7 Å². The van der Waals surface area contributed by atoms with E-state index in [1.165, 1.54) is 31.4 Å². The van der Waals surface area contributed by atoms with Gasteiger partial charge in [0.1, 0.15) is 5.82 Å². The highest BCUT2D eigenvalue weighted by molar-refractivity contribution is 6.32. The number of hydrogen-bond acceptors (Lipinski definition) is 5. The van der Waals surface area contributed by atoms with E-state index in [0.717, 1.165) is 6.42 Å². The van der Waals surface area contributed by atoms with Crippen molar-refractivity contribution in [3.8, 4) is 11.5 Å². The molecule has 2 aromatic rings. The summed E-state index contributed by atoms with van der Waals surface area (Å²) in [6, 6.07) is 8.86. The third kappa shape index (κ3) is 6.11. The first kappa shape index (κ1) is 23.8. The molecule has 3 rings (SSSR count). The monoisotopic (exact) mass is 463 g/mol. The molecular weight excluding hydrogens is 437 g/mol. The molecule has 2 aromatic carbocycles. The molecule has 1 heterocycles. The topological polar surface area (TPSA) is 71.1 Å². The molecule has 0 atom stereocenters. The second-order valence-corrected chi connectivity index (χ2v) is 7.87. The predicted molar refractivity (Wildman–Crippen MR) is 121 cm³/mol. The van der Waals surface area contributed by atoms with Crippen LogP contribution >= 0.6 is 11.6 Å². The van der Waals surface area contributed by atoms with Crippen LogP contribution in [-0.2, 0) is 4.79 Å².